The lowest BCUT2D eigenvalue weighted by Gasteiger charge is -2.34. The zero-order valence-corrected chi connectivity index (χ0v) is 9.51. The van der Waals surface area contributed by atoms with E-state index in [4.69, 9.17) is 4.74 Å². The molecule has 0 radical (unpaired) electrons. The van der Waals surface area contributed by atoms with Crippen LogP contribution in [0, 0.1) is 5.92 Å². The molecule has 1 heterocycles. The molecule has 2 nitrogen and oxygen atoms in total. The van der Waals surface area contributed by atoms with Gasteiger partial charge in [-0.2, -0.15) is 0 Å². The molecule has 1 aliphatic carbocycles. The van der Waals surface area contributed by atoms with Crippen molar-refractivity contribution in [2.75, 3.05) is 13.2 Å². The third kappa shape index (κ3) is 2.48. The summed E-state index contributed by atoms with van der Waals surface area (Å²) < 4.78 is 5.46. The Bertz CT molecular complexity index is 179. The van der Waals surface area contributed by atoms with Crippen molar-refractivity contribution in [1.29, 1.82) is 0 Å². The molecule has 2 fully saturated rings. The minimum atomic E-state index is 0.269. The molecule has 0 amide bonds. The number of hydrogen-bond acceptors (Lipinski definition) is 2. The van der Waals surface area contributed by atoms with Crippen LogP contribution < -0.4 is 5.32 Å². The molecule has 2 rings (SSSR count). The molecule has 2 aliphatic rings. The minimum absolute atomic E-state index is 0.269. The molecule has 0 aromatic heterocycles. The second-order valence-electron chi connectivity index (χ2n) is 5.46. The maximum Gasteiger partial charge on any atom is 0.0646 e. The molecule has 0 aromatic carbocycles. The van der Waals surface area contributed by atoms with Crippen LogP contribution in [0.15, 0.2) is 0 Å². The van der Waals surface area contributed by atoms with E-state index < -0.39 is 0 Å². The van der Waals surface area contributed by atoms with Gasteiger partial charge in [0.25, 0.3) is 0 Å². The van der Waals surface area contributed by atoms with Crippen LogP contribution in [0.25, 0.3) is 0 Å². The summed E-state index contributed by atoms with van der Waals surface area (Å²) in [5.74, 6) is 0.945. The van der Waals surface area contributed by atoms with Crippen LogP contribution in [0.1, 0.15) is 46.0 Å². The van der Waals surface area contributed by atoms with Gasteiger partial charge in [0, 0.05) is 18.2 Å². The van der Waals surface area contributed by atoms with E-state index in [1.54, 1.807) is 0 Å². The molecule has 1 atom stereocenters. The zero-order chi connectivity index (χ0) is 10.0. The number of hydrogen-bond donors (Lipinski definition) is 1. The molecule has 0 spiro atoms. The summed E-state index contributed by atoms with van der Waals surface area (Å²) in [6.07, 6.45) is 6.69. The fourth-order valence-electron chi connectivity index (χ4n) is 2.68. The highest BCUT2D eigenvalue weighted by Crippen LogP contribution is 2.27. The van der Waals surface area contributed by atoms with Crippen molar-refractivity contribution >= 4 is 0 Å². The van der Waals surface area contributed by atoms with Gasteiger partial charge in [0.2, 0.25) is 0 Å². The first-order valence-electron chi connectivity index (χ1n) is 6.03. The average Bonchev–Trinajstić information content (AvgIpc) is 2.57. The van der Waals surface area contributed by atoms with Gasteiger partial charge in [-0.15, -0.1) is 0 Å². The van der Waals surface area contributed by atoms with Gasteiger partial charge in [-0.1, -0.05) is 6.92 Å². The SMILES string of the molecule is CC1CCC(NC2(C)CCOC2)CC1. The van der Waals surface area contributed by atoms with Crippen molar-refractivity contribution in [3.8, 4) is 0 Å². The van der Waals surface area contributed by atoms with Gasteiger partial charge in [-0.05, 0) is 44.9 Å². The molecule has 82 valence electrons. The molecule has 14 heavy (non-hydrogen) atoms. The molecular formula is C12H23NO. The predicted molar refractivity (Wildman–Crippen MR) is 58.4 cm³/mol. The van der Waals surface area contributed by atoms with Crippen molar-refractivity contribution in [3.05, 3.63) is 0 Å². The summed E-state index contributed by atoms with van der Waals surface area (Å²) in [7, 11) is 0. The summed E-state index contributed by atoms with van der Waals surface area (Å²) in [5, 5.41) is 3.79. The number of nitrogens with one attached hydrogen (secondary N) is 1. The van der Waals surface area contributed by atoms with Crippen molar-refractivity contribution in [2.45, 2.75) is 57.5 Å². The fourth-order valence-corrected chi connectivity index (χ4v) is 2.68. The summed E-state index contributed by atoms with van der Waals surface area (Å²) in [6, 6.07) is 0.748. The van der Waals surface area contributed by atoms with Gasteiger partial charge >= 0.3 is 0 Å². The topological polar surface area (TPSA) is 21.3 Å². The fraction of sp³-hybridized carbons (Fsp3) is 1.00. The van der Waals surface area contributed by atoms with Crippen LogP contribution in [-0.2, 0) is 4.74 Å². The summed E-state index contributed by atoms with van der Waals surface area (Å²) >= 11 is 0. The van der Waals surface area contributed by atoms with Crippen LogP contribution in [0.3, 0.4) is 0 Å². The van der Waals surface area contributed by atoms with Gasteiger partial charge in [0.1, 0.15) is 0 Å². The maximum atomic E-state index is 5.46. The first-order valence-corrected chi connectivity index (χ1v) is 6.03. The van der Waals surface area contributed by atoms with E-state index in [2.05, 4.69) is 19.2 Å². The van der Waals surface area contributed by atoms with E-state index >= 15 is 0 Å². The lowest BCUT2D eigenvalue weighted by molar-refractivity contribution is 0.159. The van der Waals surface area contributed by atoms with E-state index in [1.165, 1.54) is 32.1 Å². The molecule has 1 aliphatic heterocycles. The molecule has 0 aromatic rings. The Morgan fingerprint density at radius 2 is 1.93 bits per heavy atom. The van der Waals surface area contributed by atoms with Gasteiger partial charge < -0.3 is 10.1 Å². The van der Waals surface area contributed by atoms with Crippen LogP contribution in [0.2, 0.25) is 0 Å². The maximum absolute atomic E-state index is 5.46. The average molecular weight is 197 g/mol. The van der Waals surface area contributed by atoms with E-state index in [0.29, 0.717) is 0 Å². The highest BCUT2D eigenvalue weighted by molar-refractivity contribution is 4.91. The minimum Gasteiger partial charge on any atom is -0.379 e. The Labute approximate surface area is 87.4 Å². The van der Waals surface area contributed by atoms with Crippen LogP contribution >= 0.6 is 0 Å². The highest BCUT2D eigenvalue weighted by Gasteiger charge is 2.32. The van der Waals surface area contributed by atoms with Crippen molar-refractivity contribution in [2.24, 2.45) is 5.92 Å². The van der Waals surface area contributed by atoms with Crippen molar-refractivity contribution < 1.29 is 4.74 Å². The molecule has 1 saturated carbocycles. The summed E-state index contributed by atoms with van der Waals surface area (Å²) in [6.45, 7) is 6.51. The third-order valence-electron chi connectivity index (χ3n) is 3.79. The number of ether oxygens (including phenoxy) is 1. The summed E-state index contributed by atoms with van der Waals surface area (Å²) in [4.78, 5) is 0. The van der Waals surface area contributed by atoms with E-state index in [1.807, 2.05) is 0 Å². The molecular weight excluding hydrogens is 174 g/mol. The lowest BCUT2D eigenvalue weighted by atomic mass is 9.86. The van der Waals surface area contributed by atoms with Crippen molar-refractivity contribution in [1.82, 2.24) is 5.32 Å². The third-order valence-corrected chi connectivity index (χ3v) is 3.79. The van der Waals surface area contributed by atoms with Crippen molar-refractivity contribution in [3.63, 3.8) is 0 Å². The first-order chi connectivity index (χ1) is 6.68. The van der Waals surface area contributed by atoms with Crippen LogP contribution in [-0.4, -0.2) is 24.8 Å². The molecule has 1 N–H and O–H groups in total. The Morgan fingerprint density at radius 1 is 1.21 bits per heavy atom. The Kier molecular flexibility index (Phi) is 3.13. The van der Waals surface area contributed by atoms with Gasteiger partial charge in [-0.25, -0.2) is 0 Å². The largest absolute Gasteiger partial charge is 0.379 e. The quantitative estimate of drug-likeness (QED) is 0.733. The Balaban J connectivity index is 1.79. The van der Waals surface area contributed by atoms with E-state index in [-0.39, 0.29) is 5.54 Å². The first kappa shape index (κ1) is 10.4. The monoisotopic (exact) mass is 197 g/mol. The zero-order valence-electron chi connectivity index (χ0n) is 9.51. The molecule has 1 unspecified atom stereocenters. The van der Waals surface area contributed by atoms with Crippen LogP contribution in [0.4, 0.5) is 0 Å². The highest BCUT2D eigenvalue weighted by atomic mass is 16.5. The smallest absolute Gasteiger partial charge is 0.0646 e. The molecule has 2 heteroatoms. The van der Waals surface area contributed by atoms with E-state index in [9.17, 15) is 0 Å². The van der Waals surface area contributed by atoms with E-state index in [0.717, 1.165) is 25.2 Å². The second-order valence-corrected chi connectivity index (χ2v) is 5.46. The Hall–Kier alpha value is -0.0800. The molecule has 1 saturated heterocycles. The van der Waals surface area contributed by atoms with Crippen LogP contribution in [0.5, 0.6) is 0 Å². The predicted octanol–water partition coefficient (Wildman–Crippen LogP) is 2.33. The number of rotatable bonds is 2. The standard InChI is InChI=1S/C12H23NO/c1-10-3-5-11(6-4-10)13-12(2)7-8-14-9-12/h10-11,13H,3-9H2,1-2H3. The normalized spacial score (nSPS) is 44.1. The van der Waals surface area contributed by atoms with Gasteiger partial charge in [0.15, 0.2) is 0 Å². The van der Waals surface area contributed by atoms with Gasteiger partial charge in [0.05, 0.1) is 6.61 Å². The molecule has 0 bridgehead atoms. The second kappa shape index (κ2) is 4.19. The lowest BCUT2D eigenvalue weighted by Crippen LogP contribution is -2.49. The summed E-state index contributed by atoms with van der Waals surface area (Å²) in [5.41, 5.74) is 0.269. The Morgan fingerprint density at radius 3 is 2.50 bits per heavy atom. The van der Waals surface area contributed by atoms with Gasteiger partial charge in [-0.3, -0.25) is 0 Å².